The van der Waals surface area contributed by atoms with Crippen LogP contribution in [0.3, 0.4) is 0 Å². The SMILES string of the molecule is CC(=O)OC(C)C.CCCCCCCCOC(=O)C(C)C. The van der Waals surface area contributed by atoms with Crippen molar-refractivity contribution in [1.29, 1.82) is 0 Å². The van der Waals surface area contributed by atoms with E-state index in [4.69, 9.17) is 4.74 Å². The molecule has 0 aliphatic carbocycles. The maximum absolute atomic E-state index is 11.1. The van der Waals surface area contributed by atoms with Crippen molar-refractivity contribution in [1.82, 2.24) is 0 Å². The van der Waals surface area contributed by atoms with Crippen LogP contribution >= 0.6 is 0 Å². The summed E-state index contributed by atoms with van der Waals surface area (Å²) < 4.78 is 9.68. The molecule has 0 aromatic heterocycles. The highest BCUT2D eigenvalue weighted by atomic mass is 16.5. The molecule has 0 spiro atoms. The van der Waals surface area contributed by atoms with Gasteiger partial charge in [-0.1, -0.05) is 52.9 Å². The molecule has 0 aliphatic rings. The van der Waals surface area contributed by atoms with Gasteiger partial charge in [0, 0.05) is 6.92 Å². The van der Waals surface area contributed by atoms with Crippen LogP contribution in [0.5, 0.6) is 0 Å². The summed E-state index contributed by atoms with van der Waals surface area (Å²) in [6.45, 7) is 11.6. The summed E-state index contributed by atoms with van der Waals surface area (Å²) in [4.78, 5) is 21.1. The van der Waals surface area contributed by atoms with Crippen LogP contribution in [-0.4, -0.2) is 24.6 Å². The van der Waals surface area contributed by atoms with Crippen LogP contribution in [0.25, 0.3) is 0 Å². The molecule has 4 nitrogen and oxygen atoms in total. The number of rotatable bonds is 9. The van der Waals surface area contributed by atoms with Crippen LogP contribution < -0.4 is 0 Å². The molecule has 0 aromatic carbocycles. The fourth-order valence-corrected chi connectivity index (χ4v) is 1.55. The minimum Gasteiger partial charge on any atom is -0.465 e. The van der Waals surface area contributed by atoms with Crippen LogP contribution in [0.2, 0.25) is 0 Å². The molecule has 0 bridgehead atoms. The van der Waals surface area contributed by atoms with Crippen LogP contribution in [0.1, 0.15) is 80.1 Å². The molecule has 0 aliphatic heterocycles. The molecular weight excluding hydrogens is 268 g/mol. The molecule has 21 heavy (non-hydrogen) atoms. The average Bonchev–Trinajstić information content (AvgIpc) is 2.36. The number of carbonyl (C=O) groups is 2. The van der Waals surface area contributed by atoms with Gasteiger partial charge in [0.05, 0.1) is 18.6 Å². The van der Waals surface area contributed by atoms with E-state index in [1.54, 1.807) is 0 Å². The van der Waals surface area contributed by atoms with E-state index in [9.17, 15) is 9.59 Å². The van der Waals surface area contributed by atoms with Crippen molar-refractivity contribution in [2.75, 3.05) is 6.61 Å². The molecule has 126 valence electrons. The van der Waals surface area contributed by atoms with Crippen molar-refractivity contribution < 1.29 is 19.1 Å². The van der Waals surface area contributed by atoms with E-state index in [0.29, 0.717) is 6.61 Å². The first-order chi connectivity index (χ1) is 9.81. The molecule has 0 N–H and O–H groups in total. The highest BCUT2D eigenvalue weighted by Crippen LogP contribution is 2.05. The Labute approximate surface area is 130 Å². The fraction of sp³-hybridized carbons (Fsp3) is 0.882. The lowest BCUT2D eigenvalue weighted by Crippen LogP contribution is -2.12. The zero-order chi connectivity index (χ0) is 16.7. The first-order valence-corrected chi connectivity index (χ1v) is 8.15. The summed E-state index contributed by atoms with van der Waals surface area (Å²) in [7, 11) is 0. The van der Waals surface area contributed by atoms with E-state index in [0.717, 1.165) is 6.42 Å². The van der Waals surface area contributed by atoms with E-state index in [1.807, 2.05) is 27.7 Å². The highest BCUT2D eigenvalue weighted by molar-refractivity contribution is 5.71. The highest BCUT2D eigenvalue weighted by Gasteiger charge is 2.06. The molecule has 0 radical (unpaired) electrons. The maximum atomic E-state index is 11.1. The third-order valence-electron chi connectivity index (χ3n) is 2.62. The standard InChI is InChI=1S/C12H24O2.C5H10O2/c1-4-5-6-7-8-9-10-14-12(13)11(2)3;1-4(2)7-5(3)6/h11H,4-10H2,1-3H3;4H,1-3H3. The number of hydrogen-bond acceptors (Lipinski definition) is 4. The van der Waals surface area contributed by atoms with E-state index in [-0.39, 0.29) is 24.0 Å². The third-order valence-corrected chi connectivity index (χ3v) is 2.62. The van der Waals surface area contributed by atoms with Gasteiger partial charge in [0.25, 0.3) is 0 Å². The summed E-state index contributed by atoms with van der Waals surface area (Å²) in [6.07, 6.45) is 7.42. The largest absolute Gasteiger partial charge is 0.465 e. The summed E-state index contributed by atoms with van der Waals surface area (Å²) in [5, 5.41) is 0. The van der Waals surface area contributed by atoms with Gasteiger partial charge in [0.1, 0.15) is 0 Å². The van der Waals surface area contributed by atoms with Crippen LogP contribution in [-0.2, 0) is 19.1 Å². The Hall–Kier alpha value is -1.06. The monoisotopic (exact) mass is 302 g/mol. The van der Waals surface area contributed by atoms with E-state index >= 15 is 0 Å². The van der Waals surface area contributed by atoms with E-state index in [1.165, 1.54) is 39.0 Å². The second kappa shape index (κ2) is 15.3. The summed E-state index contributed by atoms with van der Waals surface area (Å²) in [5.41, 5.74) is 0. The molecule has 0 atom stereocenters. The first kappa shape index (κ1) is 22.2. The van der Waals surface area contributed by atoms with Crippen molar-refractivity contribution >= 4 is 11.9 Å². The van der Waals surface area contributed by atoms with Crippen molar-refractivity contribution in [3.63, 3.8) is 0 Å². The molecular formula is C17H34O4. The lowest BCUT2D eigenvalue weighted by molar-refractivity contribution is -0.147. The molecule has 4 heteroatoms. The van der Waals surface area contributed by atoms with Crippen LogP contribution in [0.15, 0.2) is 0 Å². The van der Waals surface area contributed by atoms with Gasteiger partial charge in [-0.2, -0.15) is 0 Å². The van der Waals surface area contributed by atoms with Gasteiger partial charge in [-0.25, -0.2) is 0 Å². The molecule has 0 unspecified atom stereocenters. The number of esters is 2. The second-order valence-corrected chi connectivity index (χ2v) is 5.75. The van der Waals surface area contributed by atoms with Gasteiger partial charge in [-0.15, -0.1) is 0 Å². The molecule has 0 saturated heterocycles. The quantitative estimate of drug-likeness (QED) is 0.464. The molecule has 0 saturated carbocycles. The van der Waals surface area contributed by atoms with Gasteiger partial charge in [0.15, 0.2) is 0 Å². The van der Waals surface area contributed by atoms with Gasteiger partial charge in [0.2, 0.25) is 0 Å². The lowest BCUT2D eigenvalue weighted by Gasteiger charge is -2.06. The summed E-state index contributed by atoms with van der Waals surface area (Å²) in [6, 6.07) is 0. The molecule has 0 amide bonds. The van der Waals surface area contributed by atoms with Crippen molar-refractivity contribution in [2.24, 2.45) is 5.92 Å². The normalized spacial score (nSPS) is 10.1. The smallest absolute Gasteiger partial charge is 0.308 e. The van der Waals surface area contributed by atoms with Crippen LogP contribution in [0, 0.1) is 5.92 Å². The summed E-state index contributed by atoms with van der Waals surface area (Å²) in [5.74, 6) is -0.274. The molecule has 0 rings (SSSR count). The number of ether oxygens (including phenoxy) is 2. The Morgan fingerprint density at radius 3 is 1.81 bits per heavy atom. The van der Waals surface area contributed by atoms with E-state index < -0.39 is 0 Å². The predicted molar refractivity (Wildman–Crippen MR) is 86.1 cm³/mol. The zero-order valence-electron chi connectivity index (χ0n) is 14.7. The number of unbranched alkanes of at least 4 members (excludes halogenated alkanes) is 5. The Morgan fingerprint density at radius 1 is 0.905 bits per heavy atom. The van der Waals surface area contributed by atoms with Gasteiger partial charge in [-0.05, 0) is 20.3 Å². The average molecular weight is 302 g/mol. The summed E-state index contributed by atoms with van der Waals surface area (Å²) >= 11 is 0. The first-order valence-electron chi connectivity index (χ1n) is 8.15. The minimum absolute atomic E-state index is 0.00934. The molecule has 0 heterocycles. The van der Waals surface area contributed by atoms with Crippen LogP contribution in [0.4, 0.5) is 0 Å². The van der Waals surface area contributed by atoms with Gasteiger partial charge in [-0.3, -0.25) is 9.59 Å². The zero-order valence-corrected chi connectivity index (χ0v) is 14.7. The Balaban J connectivity index is 0. The molecule has 0 fully saturated rings. The number of carbonyl (C=O) groups excluding carboxylic acids is 2. The molecule has 0 aromatic rings. The van der Waals surface area contributed by atoms with Gasteiger partial charge < -0.3 is 9.47 Å². The Morgan fingerprint density at radius 2 is 1.43 bits per heavy atom. The lowest BCUT2D eigenvalue weighted by atomic mass is 10.1. The fourth-order valence-electron chi connectivity index (χ4n) is 1.55. The Bertz CT molecular complexity index is 260. The minimum atomic E-state index is -0.213. The van der Waals surface area contributed by atoms with Crippen molar-refractivity contribution in [3.8, 4) is 0 Å². The Kier molecular flexibility index (Phi) is 16.2. The number of hydrogen-bond donors (Lipinski definition) is 0. The second-order valence-electron chi connectivity index (χ2n) is 5.75. The topological polar surface area (TPSA) is 52.6 Å². The predicted octanol–water partition coefficient (Wildman–Crippen LogP) is 4.50. The van der Waals surface area contributed by atoms with Crippen molar-refractivity contribution in [3.05, 3.63) is 0 Å². The van der Waals surface area contributed by atoms with Gasteiger partial charge >= 0.3 is 11.9 Å². The maximum Gasteiger partial charge on any atom is 0.308 e. The van der Waals surface area contributed by atoms with Crippen molar-refractivity contribution in [2.45, 2.75) is 86.2 Å². The third kappa shape index (κ3) is 21.4. The van der Waals surface area contributed by atoms with E-state index in [2.05, 4.69) is 11.7 Å².